The van der Waals surface area contributed by atoms with Crippen molar-refractivity contribution in [2.45, 2.75) is 33.4 Å². The Bertz CT molecular complexity index is 350. The van der Waals surface area contributed by atoms with E-state index in [1.165, 1.54) is 11.3 Å². The number of rotatable bonds is 9. The van der Waals surface area contributed by atoms with Gasteiger partial charge in [0.05, 0.1) is 18.9 Å². The van der Waals surface area contributed by atoms with Crippen LogP contribution in [0.25, 0.3) is 0 Å². The molecule has 0 saturated heterocycles. The van der Waals surface area contributed by atoms with E-state index in [0.29, 0.717) is 13.2 Å². The minimum absolute atomic E-state index is 0.659. The second-order valence-electron chi connectivity index (χ2n) is 4.36. The third-order valence-electron chi connectivity index (χ3n) is 2.98. The number of hydrogen-bond donors (Lipinski definition) is 1. The van der Waals surface area contributed by atoms with E-state index in [1.54, 1.807) is 7.11 Å². The zero-order valence-corrected chi connectivity index (χ0v) is 12.0. The molecule has 0 unspecified atom stereocenters. The van der Waals surface area contributed by atoms with Gasteiger partial charge in [-0.2, -0.15) is 5.10 Å². The number of aromatic nitrogens is 2. The van der Waals surface area contributed by atoms with E-state index in [4.69, 9.17) is 9.47 Å². The summed E-state index contributed by atoms with van der Waals surface area (Å²) in [6.07, 6.45) is 0.977. The number of methoxy groups -OCH3 is 1. The maximum absolute atomic E-state index is 5.44. The first-order chi connectivity index (χ1) is 8.70. The van der Waals surface area contributed by atoms with Crippen molar-refractivity contribution in [2.75, 3.05) is 34.0 Å². The molecule has 0 aliphatic carbocycles. The predicted molar refractivity (Wildman–Crippen MR) is 71.8 cm³/mol. The summed E-state index contributed by atoms with van der Waals surface area (Å²) in [7, 11) is 3.64. The summed E-state index contributed by atoms with van der Waals surface area (Å²) in [6, 6.07) is 0. The molecule has 0 saturated carbocycles. The summed E-state index contributed by atoms with van der Waals surface area (Å²) in [5.74, 6) is 0. The molecular weight excluding hydrogens is 230 g/mol. The first-order valence-corrected chi connectivity index (χ1v) is 6.44. The summed E-state index contributed by atoms with van der Waals surface area (Å²) >= 11 is 0. The summed E-state index contributed by atoms with van der Waals surface area (Å²) in [4.78, 5) is 0. The molecule has 1 heterocycles. The summed E-state index contributed by atoms with van der Waals surface area (Å²) < 4.78 is 12.4. The minimum Gasteiger partial charge on any atom is -0.382 e. The Labute approximate surface area is 109 Å². The lowest BCUT2D eigenvalue weighted by Crippen LogP contribution is -2.09. The maximum Gasteiger partial charge on any atom is 0.0700 e. The molecule has 0 fully saturated rings. The highest BCUT2D eigenvalue weighted by atomic mass is 16.5. The second kappa shape index (κ2) is 8.24. The van der Waals surface area contributed by atoms with E-state index in [1.807, 2.05) is 7.05 Å². The van der Waals surface area contributed by atoms with Crippen molar-refractivity contribution in [1.82, 2.24) is 15.1 Å². The monoisotopic (exact) mass is 255 g/mol. The number of nitrogens with one attached hydrogen (secondary N) is 1. The highest BCUT2D eigenvalue weighted by Crippen LogP contribution is 2.12. The number of aryl methyl sites for hydroxylation is 2. The van der Waals surface area contributed by atoms with Crippen LogP contribution in [0.1, 0.15) is 23.4 Å². The number of hydrogen-bond acceptors (Lipinski definition) is 4. The molecule has 5 nitrogen and oxygen atoms in total. The smallest absolute Gasteiger partial charge is 0.0700 e. The van der Waals surface area contributed by atoms with Gasteiger partial charge in [-0.1, -0.05) is 0 Å². The maximum atomic E-state index is 5.44. The normalized spacial score (nSPS) is 11.1. The van der Waals surface area contributed by atoms with E-state index in [9.17, 15) is 0 Å². The topological polar surface area (TPSA) is 48.3 Å². The largest absolute Gasteiger partial charge is 0.382 e. The lowest BCUT2D eigenvalue weighted by molar-refractivity contribution is 0.0676. The van der Waals surface area contributed by atoms with Gasteiger partial charge in [-0.3, -0.25) is 4.68 Å². The van der Waals surface area contributed by atoms with Crippen LogP contribution in [-0.4, -0.2) is 43.8 Å². The van der Waals surface area contributed by atoms with Gasteiger partial charge in [0.15, 0.2) is 0 Å². The Morgan fingerprint density at radius 2 is 2.00 bits per heavy atom. The third kappa shape index (κ3) is 4.40. The highest BCUT2D eigenvalue weighted by molar-refractivity contribution is 5.24. The van der Waals surface area contributed by atoms with E-state index in [0.717, 1.165) is 31.8 Å². The molecule has 0 spiro atoms. The molecular formula is C13H25N3O2. The first-order valence-electron chi connectivity index (χ1n) is 6.44. The SMILES string of the molecule is CNCc1c(C)nn(CCCOCCOC)c1C. The molecule has 5 heteroatoms. The van der Waals surface area contributed by atoms with Gasteiger partial charge in [-0.05, 0) is 27.3 Å². The van der Waals surface area contributed by atoms with Gasteiger partial charge in [-0.25, -0.2) is 0 Å². The van der Waals surface area contributed by atoms with Gasteiger partial charge in [0.2, 0.25) is 0 Å². The lowest BCUT2D eigenvalue weighted by Gasteiger charge is -2.06. The van der Waals surface area contributed by atoms with E-state index < -0.39 is 0 Å². The Morgan fingerprint density at radius 3 is 2.67 bits per heavy atom. The van der Waals surface area contributed by atoms with Crippen LogP contribution in [0.4, 0.5) is 0 Å². The average Bonchev–Trinajstić information content (AvgIpc) is 2.62. The second-order valence-corrected chi connectivity index (χ2v) is 4.36. The van der Waals surface area contributed by atoms with E-state index >= 15 is 0 Å². The molecule has 1 aromatic rings. The lowest BCUT2D eigenvalue weighted by atomic mass is 10.2. The van der Waals surface area contributed by atoms with Crippen molar-refractivity contribution in [3.63, 3.8) is 0 Å². The summed E-state index contributed by atoms with van der Waals surface area (Å²) in [5, 5.41) is 7.74. The van der Waals surface area contributed by atoms with Gasteiger partial charge >= 0.3 is 0 Å². The zero-order valence-electron chi connectivity index (χ0n) is 12.0. The Balaban J connectivity index is 2.36. The van der Waals surface area contributed by atoms with Crippen LogP contribution in [0.3, 0.4) is 0 Å². The number of nitrogens with zero attached hydrogens (tertiary/aromatic N) is 2. The molecule has 0 aliphatic rings. The fourth-order valence-corrected chi connectivity index (χ4v) is 1.95. The predicted octanol–water partition coefficient (Wildman–Crippen LogP) is 1.27. The van der Waals surface area contributed by atoms with Crippen molar-refractivity contribution in [3.05, 3.63) is 17.0 Å². The summed E-state index contributed by atoms with van der Waals surface area (Å²) in [6.45, 7) is 8.04. The van der Waals surface area contributed by atoms with E-state index in [2.05, 4.69) is 28.9 Å². The van der Waals surface area contributed by atoms with Crippen molar-refractivity contribution in [1.29, 1.82) is 0 Å². The average molecular weight is 255 g/mol. The zero-order chi connectivity index (χ0) is 13.4. The van der Waals surface area contributed by atoms with E-state index in [-0.39, 0.29) is 0 Å². The summed E-state index contributed by atoms with van der Waals surface area (Å²) in [5.41, 5.74) is 3.67. The van der Waals surface area contributed by atoms with Crippen LogP contribution in [0, 0.1) is 13.8 Å². The molecule has 0 atom stereocenters. The van der Waals surface area contributed by atoms with Gasteiger partial charge < -0.3 is 14.8 Å². The van der Waals surface area contributed by atoms with Gasteiger partial charge in [-0.15, -0.1) is 0 Å². The Hall–Kier alpha value is -0.910. The standard InChI is InChI=1S/C13H25N3O2/c1-11-13(10-14-3)12(2)16(15-11)6-5-7-18-9-8-17-4/h14H,5-10H2,1-4H3. The quantitative estimate of drug-likeness (QED) is 0.675. The van der Waals surface area contributed by atoms with Gasteiger partial charge in [0, 0.05) is 38.1 Å². The van der Waals surface area contributed by atoms with Gasteiger partial charge in [0.25, 0.3) is 0 Å². The van der Waals surface area contributed by atoms with Crippen LogP contribution in [0.2, 0.25) is 0 Å². The van der Waals surface area contributed by atoms with Crippen LogP contribution in [0.15, 0.2) is 0 Å². The van der Waals surface area contributed by atoms with Crippen molar-refractivity contribution in [3.8, 4) is 0 Å². The molecule has 0 bridgehead atoms. The number of ether oxygens (including phenoxy) is 2. The Kier molecular flexibility index (Phi) is 6.93. The minimum atomic E-state index is 0.659. The molecule has 0 aromatic carbocycles. The van der Waals surface area contributed by atoms with Crippen molar-refractivity contribution < 1.29 is 9.47 Å². The molecule has 18 heavy (non-hydrogen) atoms. The fraction of sp³-hybridized carbons (Fsp3) is 0.769. The molecule has 0 amide bonds. The van der Waals surface area contributed by atoms with Crippen LogP contribution < -0.4 is 5.32 Å². The van der Waals surface area contributed by atoms with Crippen LogP contribution in [-0.2, 0) is 22.6 Å². The molecule has 104 valence electrons. The molecule has 0 aliphatic heterocycles. The van der Waals surface area contributed by atoms with Gasteiger partial charge in [0.1, 0.15) is 0 Å². The van der Waals surface area contributed by atoms with Crippen molar-refractivity contribution in [2.24, 2.45) is 0 Å². The molecule has 1 N–H and O–H groups in total. The highest BCUT2D eigenvalue weighted by Gasteiger charge is 2.09. The van der Waals surface area contributed by atoms with Crippen LogP contribution >= 0.6 is 0 Å². The molecule has 1 rings (SSSR count). The first kappa shape index (κ1) is 15.1. The third-order valence-corrected chi connectivity index (χ3v) is 2.98. The molecule has 1 aromatic heterocycles. The Morgan fingerprint density at radius 1 is 1.22 bits per heavy atom. The fourth-order valence-electron chi connectivity index (χ4n) is 1.95. The molecule has 0 radical (unpaired) electrons. The van der Waals surface area contributed by atoms with Crippen molar-refractivity contribution >= 4 is 0 Å². The van der Waals surface area contributed by atoms with Crippen LogP contribution in [0.5, 0.6) is 0 Å².